The van der Waals surface area contributed by atoms with Crippen molar-refractivity contribution in [1.82, 2.24) is 0 Å². The lowest BCUT2D eigenvalue weighted by molar-refractivity contribution is -0.888. The summed E-state index contributed by atoms with van der Waals surface area (Å²) in [6.07, 6.45) is 2.78. The fraction of sp³-hybridized carbons (Fsp3) is 0.750. The minimum Gasteiger partial charge on any atom is -0.329 e. The van der Waals surface area contributed by atoms with Gasteiger partial charge in [-0.2, -0.15) is 0 Å². The molecule has 0 aromatic heterocycles. The van der Waals surface area contributed by atoms with Gasteiger partial charge < -0.3 is 4.48 Å². The quantitative estimate of drug-likeness (QED) is 0.349. The van der Waals surface area contributed by atoms with Crippen molar-refractivity contribution in [3.63, 3.8) is 0 Å². The van der Waals surface area contributed by atoms with Crippen LogP contribution in [0.25, 0.3) is 0 Å². The van der Waals surface area contributed by atoms with E-state index < -0.39 is 0 Å². The summed E-state index contributed by atoms with van der Waals surface area (Å²) < 4.78 is 1.04. The van der Waals surface area contributed by atoms with E-state index in [1.54, 1.807) is 6.92 Å². The predicted octanol–water partition coefficient (Wildman–Crippen LogP) is 2.40. The number of carbonyl (C=O) groups is 1. The highest BCUT2D eigenvalue weighted by Gasteiger charge is 2.11. The molecule has 0 saturated heterocycles. The Bertz CT molecular complexity index is 206. The second-order valence-electron chi connectivity index (χ2n) is 4.64. The van der Waals surface area contributed by atoms with Gasteiger partial charge >= 0.3 is 0 Å². The SMILES string of the molecule is C=C(C)C(=O)CCCC[N+](C)(C)CC. The Morgan fingerprint density at radius 1 is 1.29 bits per heavy atom. The van der Waals surface area contributed by atoms with E-state index in [1.165, 1.54) is 0 Å². The molecule has 0 rings (SSSR count). The van der Waals surface area contributed by atoms with Gasteiger partial charge in [-0.25, -0.2) is 0 Å². The molecule has 2 heteroatoms. The molecule has 0 aliphatic carbocycles. The summed E-state index contributed by atoms with van der Waals surface area (Å²) in [6.45, 7) is 9.92. The second kappa shape index (κ2) is 5.97. The maximum Gasteiger partial charge on any atom is 0.157 e. The molecule has 0 aliphatic heterocycles. The maximum absolute atomic E-state index is 11.2. The average Bonchev–Trinajstić information content (AvgIpc) is 2.12. The van der Waals surface area contributed by atoms with E-state index >= 15 is 0 Å². The van der Waals surface area contributed by atoms with Crippen LogP contribution in [0.4, 0.5) is 0 Å². The Morgan fingerprint density at radius 3 is 2.29 bits per heavy atom. The van der Waals surface area contributed by atoms with E-state index in [0.717, 1.165) is 30.4 Å². The molecule has 82 valence electrons. The highest BCUT2D eigenvalue weighted by molar-refractivity contribution is 5.93. The molecular formula is C12H24NO+. The zero-order valence-electron chi connectivity index (χ0n) is 10.1. The highest BCUT2D eigenvalue weighted by atomic mass is 16.1. The highest BCUT2D eigenvalue weighted by Crippen LogP contribution is 2.06. The first-order valence-corrected chi connectivity index (χ1v) is 5.40. The first kappa shape index (κ1) is 13.4. The smallest absolute Gasteiger partial charge is 0.157 e. The summed E-state index contributed by atoms with van der Waals surface area (Å²) in [6, 6.07) is 0. The number of hydrogen-bond donors (Lipinski definition) is 0. The lowest BCUT2D eigenvalue weighted by atomic mass is 10.1. The standard InChI is InChI=1S/C12H24NO/c1-6-13(4,5)10-8-7-9-12(14)11(2)3/h2,6-10H2,1,3-5H3/q+1. The van der Waals surface area contributed by atoms with Gasteiger partial charge in [-0.05, 0) is 32.3 Å². The van der Waals surface area contributed by atoms with Crippen LogP contribution in [0.15, 0.2) is 12.2 Å². The molecule has 0 amide bonds. The van der Waals surface area contributed by atoms with Crippen molar-refractivity contribution >= 4 is 5.78 Å². The van der Waals surface area contributed by atoms with Crippen LogP contribution >= 0.6 is 0 Å². The molecule has 0 aromatic carbocycles. The van der Waals surface area contributed by atoms with Gasteiger partial charge in [0.25, 0.3) is 0 Å². The van der Waals surface area contributed by atoms with E-state index in [2.05, 4.69) is 27.6 Å². The van der Waals surface area contributed by atoms with Crippen LogP contribution < -0.4 is 0 Å². The molecule has 0 aromatic rings. The molecule has 0 heterocycles. The summed E-state index contributed by atoms with van der Waals surface area (Å²) in [7, 11) is 4.45. The molecule has 14 heavy (non-hydrogen) atoms. The molecular weight excluding hydrogens is 174 g/mol. The fourth-order valence-corrected chi connectivity index (χ4v) is 1.20. The number of ketones is 1. The van der Waals surface area contributed by atoms with Crippen LogP contribution in [0.2, 0.25) is 0 Å². The molecule has 0 saturated carbocycles. The number of rotatable bonds is 7. The van der Waals surface area contributed by atoms with Crippen LogP contribution in [0.1, 0.15) is 33.1 Å². The number of Topliss-reactive ketones (excluding diaryl/α,β-unsaturated/α-hetero) is 1. The lowest BCUT2D eigenvalue weighted by Crippen LogP contribution is -2.39. The van der Waals surface area contributed by atoms with Crippen LogP contribution in [-0.4, -0.2) is 37.5 Å². The van der Waals surface area contributed by atoms with E-state index in [4.69, 9.17) is 0 Å². The van der Waals surface area contributed by atoms with Gasteiger partial charge in [-0.15, -0.1) is 0 Å². The number of unbranched alkanes of at least 4 members (excludes halogenated alkanes) is 1. The topological polar surface area (TPSA) is 17.1 Å². The third kappa shape index (κ3) is 5.92. The van der Waals surface area contributed by atoms with E-state index in [9.17, 15) is 4.79 Å². The number of nitrogens with zero attached hydrogens (tertiary/aromatic N) is 1. The maximum atomic E-state index is 11.2. The summed E-state index contributed by atoms with van der Waals surface area (Å²) in [5.74, 6) is 0.215. The van der Waals surface area contributed by atoms with Gasteiger partial charge in [0.1, 0.15) is 0 Å². The molecule has 0 radical (unpaired) electrons. The number of carbonyl (C=O) groups excluding carboxylic acids is 1. The van der Waals surface area contributed by atoms with Gasteiger partial charge in [0.15, 0.2) is 5.78 Å². The second-order valence-corrected chi connectivity index (χ2v) is 4.64. The predicted molar refractivity (Wildman–Crippen MR) is 61.2 cm³/mol. The monoisotopic (exact) mass is 198 g/mol. The van der Waals surface area contributed by atoms with Gasteiger partial charge in [0.05, 0.1) is 27.2 Å². The van der Waals surface area contributed by atoms with Gasteiger partial charge in [-0.3, -0.25) is 4.79 Å². The summed E-state index contributed by atoms with van der Waals surface area (Å²) >= 11 is 0. The minimum atomic E-state index is 0.215. The van der Waals surface area contributed by atoms with Crippen molar-refractivity contribution in [3.05, 3.63) is 12.2 Å². The molecule has 0 N–H and O–H groups in total. The summed E-state index contributed by atoms with van der Waals surface area (Å²) in [5, 5.41) is 0. The fourth-order valence-electron chi connectivity index (χ4n) is 1.20. The van der Waals surface area contributed by atoms with Crippen LogP contribution in [0, 0.1) is 0 Å². The molecule has 0 bridgehead atoms. The van der Waals surface area contributed by atoms with E-state index in [1.807, 2.05) is 0 Å². The Hall–Kier alpha value is -0.630. The average molecular weight is 198 g/mol. The van der Waals surface area contributed by atoms with E-state index in [0.29, 0.717) is 12.0 Å². The Kier molecular flexibility index (Phi) is 5.70. The van der Waals surface area contributed by atoms with Crippen molar-refractivity contribution in [2.24, 2.45) is 0 Å². The van der Waals surface area contributed by atoms with Crippen molar-refractivity contribution in [2.75, 3.05) is 27.2 Å². The minimum absolute atomic E-state index is 0.215. The zero-order valence-corrected chi connectivity index (χ0v) is 10.1. The third-order valence-electron chi connectivity index (χ3n) is 2.75. The van der Waals surface area contributed by atoms with Crippen LogP contribution in [0.3, 0.4) is 0 Å². The third-order valence-corrected chi connectivity index (χ3v) is 2.75. The molecule has 0 unspecified atom stereocenters. The van der Waals surface area contributed by atoms with Crippen molar-refractivity contribution in [1.29, 1.82) is 0 Å². The van der Waals surface area contributed by atoms with Crippen LogP contribution in [-0.2, 0) is 4.79 Å². The number of allylic oxidation sites excluding steroid dienone is 1. The Balaban J connectivity index is 3.57. The Morgan fingerprint density at radius 2 is 1.86 bits per heavy atom. The number of quaternary nitrogens is 1. The van der Waals surface area contributed by atoms with E-state index in [-0.39, 0.29) is 5.78 Å². The molecule has 0 atom stereocenters. The molecule has 0 aliphatic rings. The van der Waals surface area contributed by atoms with Crippen molar-refractivity contribution in [3.8, 4) is 0 Å². The first-order chi connectivity index (χ1) is 6.39. The van der Waals surface area contributed by atoms with Crippen LogP contribution in [0.5, 0.6) is 0 Å². The lowest BCUT2D eigenvalue weighted by Gasteiger charge is -2.28. The van der Waals surface area contributed by atoms with Crippen molar-refractivity contribution in [2.45, 2.75) is 33.1 Å². The normalized spacial score (nSPS) is 11.4. The Labute approximate surface area is 88.2 Å². The largest absolute Gasteiger partial charge is 0.329 e. The molecule has 0 fully saturated rings. The first-order valence-electron chi connectivity index (χ1n) is 5.40. The summed E-state index contributed by atoms with van der Waals surface area (Å²) in [5.41, 5.74) is 0.689. The molecule has 2 nitrogen and oxygen atoms in total. The van der Waals surface area contributed by atoms with Gasteiger partial charge in [-0.1, -0.05) is 6.58 Å². The zero-order chi connectivity index (χ0) is 11.2. The summed E-state index contributed by atoms with van der Waals surface area (Å²) in [4.78, 5) is 11.2. The van der Waals surface area contributed by atoms with Gasteiger partial charge in [0, 0.05) is 6.42 Å². The van der Waals surface area contributed by atoms with Gasteiger partial charge in [0.2, 0.25) is 0 Å². The molecule has 0 spiro atoms. The van der Waals surface area contributed by atoms with Crippen molar-refractivity contribution < 1.29 is 9.28 Å². The number of hydrogen-bond acceptors (Lipinski definition) is 1.